The van der Waals surface area contributed by atoms with Gasteiger partial charge in [0.25, 0.3) is 0 Å². The normalized spacial score (nSPS) is 16.0. The highest BCUT2D eigenvalue weighted by atomic mass is 32.2. The molecule has 2 N–H and O–H groups in total. The second-order valence-corrected chi connectivity index (χ2v) is 7.16. The summed E-state index contributed by atoms with van der Waals surface area (Å²) in [5, 5.41) is 2.85. The SMILES string of the molecule is CCCNS(=O)(=O)c1ccc(NC(=O)C2CCCC2)cc1. The second-order valence-electron chi connectivity index (χ2n) is 5.39. The third kappa shape index (κ3) is 4.28. The summed E-state index contributed by atoms with van der Waals surface area (Å²) in [7, 11) is -3.45. The van der Waals surface area contributed by atoms with Crippen molar-refractivity contribution >= 4 is 21.6 Å². The van der Waals surface area contributed by atoms with Crippen molar-refractivity contribution in [3.63, 3.8) is 0 Å². The summed E-state index contributed by atoms with van der Waals surface area (Å²) in [6.45, 7) is 2.33. The number of amides is 1. The first-order valence-electron chi connectivity index (χ1n) is 7.43. The minimum absolute atomic E-state index is 0.0345. The molecule has 1 aromatic rings. The van der Waals surface area contributed by atoms with Crippen molar-refractivity contribution in [2.75, 3.05) is 11.9 Å². The highest BCUT2D eigenvalue weighted by Crippen LogP contribution is 2.26. The van der Waals surface area contributed by atoms with Crippen LogP contribution in [0.2, 0.25) is 0 Å². The van der Waals surface area contributed by atoms with Crippen molar-refractivity contribution in [2.24, 2.45) is 5.92 Å². The van der Waals surface area contributed by atoms with Gasteiger partial charge in [0.2, 0.25) is 15.9 Å². The third-order valence-electron chi connectivity index (χ3n) is 3.70. The molecule has 1 aliphatic rings. The molecule has 0 bridgehead atoms. The molecule has 0 saturated heterocycles. The Bertz CT molecular complexity index is 575. The van der Waals surface area contributed by atoms with Gasteiger partial charge >= 0.3 is 0 Å². The Morgan fingerprint density at radius 1 is 1.19 bits per heavy atom. The van der Waals surface area contributed by atoms with Crippen molar-refractivity contribution in [2.45, 2.75) is 43.9 Å². The van der Waals surface area contributed by atoms with Gasteiger partial charge in [0, 0.05) is 18.2 Å². The van der Waals surface area contributed by atoms with E-state index in [2.05, 4.69) is 10.0 Å². The molecule has 0 aromatic heterocycles. The summed E-state index contributed by atoms with van der Waals surface area (Å²) >= 11 is 0. The Hall–Kier alpha value is -1.40. The lowest BCUT2D eigenvalue weighted by Gasteiger charge is -2.11. The molecule has 0 unspecified atom stereocenters. The molecule has 1 saturated carbocycles. The van der Waals surface area contributed by atoms with Crippen LogP contribution in [0, 0.1) is 5.92 Å². The summed E-state index contributed by atoms with van der Waals surface area (Å²) in [4.78, 5) is 12.2. The van der Waals surface area contributed by atoms with Crippen LogP contribution in [0.15, 0.2) is 29.2 Å². The molecule has 0 spiro atoms. The molecule has 6 heteroatoms. The monoisotopic (exact) mass is 310 g/mol. The quantitative estimate of drug-likeness (QED) is 0.847. The van der Waals surface area contributed by atoms with E-state index in [0.29, 0.717) is 12.2 Å². The lowest BCUT2D eigenvalue weighted by atomic mass is 10.1. The van der Waals surface area contributed by atoms with Gasteiger partial charge in [-0.15, -0.1) is 0 Å². The Morgan fingerprint density at radius 2 is 1.81 bits per heavy atom. The number of hydrogen-bond acceptors (Lipinski definition) is 3. The molecular weight excluding hydrogens is 288 g/mol. The van der Waals surface area contributed by atoms with E-state index in [1.807, 2.05) is 6.92 Å². The van der Waals surface area contributed by atoms with Gasteiger partial charge in [0.1, 0.15) is 0 Å². The maximum absolute atomic E-state index is 12.0. The fraction of sp³-hybridized carbons (Fsp3) is 0.533. The first-order chi connectivity index (χ1) is 10.0. The molecule has 0 radical (unpaired) electrons. The number of carbonyl (C=O) groups is 1. The van der Waals surface area contributed by atoms with Crippen LogP contribution in [0.3, 0.4) is 0 Å². The Morgan fingerprint density at radius 3 is 2.38 bits per heavy atom. The van der Waals surface area contributed by atoms with Crippen molar-refractivity contribution in [1.82, 2.24) is 4.72 Å². The van der Waals surface area contributed by atoms with E-state index < -0.39 is 10.0 Å². The minimum Gasteiger partial charge on any atom is -0.326 e. The van der Waals surface area contributed by atoms with Crippen LogP contribution in [0.5, 0.6) is 0 Å². The van der Waals surface area contributed by atoms with Crippen molar-refractivity contribution in [3.05, 3.63) is 24.3 Å². The zero-order chi connectivity index (χ0) is 15.3. The van der Waals surface area contributed by atoms with Crippen LogP contribution in [-0.2, 0) is 14.8 Å². The van der Waals surface area contributed by atoms with Crippen LogP contribution >= 0.6 is 0 Å². The number of anilines is 1. The molecule has 1 fully saturated rings. The molecule has 1 amide bonds. The largest absolute Gasteiger partial charge is 0.326 e. The Balaban J connectivity index is 2.00. The highest BCUT2D eigenvalue weighted by Gasteiger charge is 2.22. The molecule has 0 atom stereocenters. The predicted molar refractivity (Wildman–Crippen MR) is 82.5 cm³/mol. The van der Waals surface area contributed by atoms with Crippen molar-refractivity contribution < 1.29 is 13.2 Å². The summed E-state index contributed by atoms with van der Waals surface area (Å²) < 4.78 is 26.4. The van der Waals surface area contributed by atoms with E-state index in [1.54, 1.807) is 12.1 Å². The van der Waals surface area contributed by atoms with E-state index >= 15 is 0 Å². The molecular formula is C15H22N2O3S. The van der Waals surface area contributed by atoms with E-state index in [9.17, 15) is 13.2 Å². The van der Waals surface area contributed by atoms with Gasteiger partial charge in [-0.25, -0.2) is 13.1 Å². The fourth-order valence-electron chi connectivity index (χ4n) is 2.47. The zero-order valence-electron chi connectivity index (χ0n) is 12.3. The topological polar surface area (TPSA) is 75.3 Å². The van der Waals surface area contributed by atoms with E-state index in [0.717, 1.165) is 32.1 Å². The Labute approximate surface area is 126 Å². The van der Waals surface area contributed by atoms with Gasteiger partial charge in [0.05, 0.1) is 4.90 Å². The smallest absolute Gasteiger partial charge is 0.240 e. The lowest BCUT2D eigenvalue weighted by molar-refractivity contribution is -0.119. The molecule has 0 aliphatic heterocycles. The third-order valence-corrected chi connectivity index (χ3v) is 5.18. The molecule has 2 rings (SSSR count). The maximum Gasteiger partial charge on any atom is 0.240 e. The number of nitrogens with one attached hydrogen (secondary N) is 2. The second kappa shape index (κ2) is 7.04. The first-order valence-corrected chi connectivity index (χ1v) is 8.92. The molecule has 1 aliphatic carbocycles. The summed E-state index contributed by atoms with van der Waals surface area (Å²) in [6, 6.07) is 6.30. The zero-order valence-corrected chi connectivity index (χ0v) is 13.1. The predicted octanol–water partition coefficient (Wildman–Crippen LogP) is 2.50. The van der Waals surface area contributed by atoms with Gasteiger partial charge in [-0.1, -0.05) is 19.8 Å². The van der Waals surface area contributed by atoms with Crippen LogP contribution in [-0.4, -0.2) is 20.9 Å². The molecule has 21 heavy (non-hydrogen) atoms. The number of carbonyl (C=O) groups excluding carboxylic acids is 1. The van der Waals surface area contributed by atoms with Crippen molar-refractivity contribution in [3.8, 4) is 0 Å². The minimum atomic E-state index is -3.45. The molecule has 0 heterocycles. The highest BCUT2D eigenvalue weighted by molar-refractivity contribution is 7.89. The molecule has 116 valence electrons. The van der Waals surface area contributed by atoms with Gasteiger partial charge in [-0.2, -0.15) is 0 Å². The Kier molecular flexibility index (Phi) is 5.36. The fourth-order valence-corrected chi connectivity index (χ4v) is 3.60. The number of hydrogen-bond donors (Lipinski definition) is 2. The van der Waals surface area contributed by atoms with Crippen molar-refractivity contribution in [1.29, 1.82) is 0 Å². The molecule has 1 aromatic carbocycles. The van der Waals surface area contributed by atoms with Gasteiger partial charge in [-0.3, -0.25) is 4.79 Å². The number of rotatable bonds is 6. The average molecular weight is 310 g/mol. The summed E-state index contributed by atoms with van der Waals surface area (Å²) in [5.74, 6) is 0.131. The van der Waals surface area contributed by atoms with E-state index in [-0.39, 0.29) is 16.7 Å². The first kappa shape index (κ1) is 16.0. The lowest BCUT2D eigenvalue weighted by Crippen LogP contribution is -2.24. The number of sulfonamides is 1. The average Bonchev–Trinajstić information content (AvgIpc) is 3.00. The molecule has 5 nitrogen and oxygen atoms in total. The summed E-state index contributed by atoms with van der Waals surface area (Å²) in [6.07, 6.45) is 4.85. The van der Waals surface area contributed by atoms with Gasteiger partial charge < -0.3 is 5.32 Å². The number of benzene rings is 1. The standard InChI is InChI=1S/C15H22N2O3S/c1-2-11-16-21(19,20)14-9-7-13(8-10-14)17-15(18)12-5-3-4-6-12/h7-10,12,16H,2-6,11H2,1H3,(H,17,18). The van der Waals surface area contributed by atoms with Crippen LogP contribution in [0.1, 0.15) is 39.0 Å². The summed E-state index contributed by atoms with van der Waals surface area (Å²) in [5.41, 5.74) is 0.640. The van der Waals surface area contributed by atoms with E-state index in [4.69, 9.17) is 0 Å². The van der Waals surface area contributed by atoms with Crippen LogP contribution in [0.4, 0.5) is 5.69 Å². The maximum atomic E-state index is 12.0. The van der Waals surface area contributed by atoms with Crippen LogP contribution in [0.25, 0.3) is 0 Å². The van der Waals surface area contributed by atoms with Crippen LogP contribution < -0.4 is 10.0 Å². The van der Waals surface area contributed by atoms with Gasteiger partial charge in [-0.05, 0) is 43.5 Å². The van der Waals surface area contributed by atoms with E-state index in [1.165, 1.54) is 12.1 Å². The van der Waals surface area contributed by atoms with Gasteiger partial charge in [0.15, 0.2) is 0 Å².